The summed E-state index contributed by atoms with van der Waals surface area (Å²) < 4.78 is 0.508. The highest BCUT2D eigenvalue weighted by atomic mass is 35.5. The Morgan fingerprint density at radius 3 is 2.43 bits per heavy atom. The molecule has 0 spiro atoms. The van der Waals surface area contributed by atoms with Crippen LogP contribution in [0.5, 0.6) is 0 Å². The lowest BCUT2D eigenvalue weighted by molar-refractivity contribution is 1.16. The molecule has 2 aromatic carbocycles. The molecule has 5 heteroatoms. The van der Waals surface area contributed by atoms with Crippen molar-refractivity contribution < 1.29 is 0 Å². The molecule has 3 aromatic rings. The standard InChI is InChI=1S/C16H10Cl2N2S/c17-11-6-7-12(13(18)8-11)14-9-15(21)20-16(19-14)10-4-2-1-3-5-10/h1-9H,(H,19,20,21). The Balaban J connectivity index is 2.16. The zero-order valence-corrected chi connectivity index (χ0v) is 13.1. The highest BCUT2D eigenvalue weighted by Crippen LogP contribution is 2.30. The van der Waals surface area contributed by atoms with Crippen LogP contribution in [-0.2, 0) is 0 Å². The van der Waals surface area contributed by atoms with Crippen LogP contribution in [0.3, 0.4) is 0 Å². The first kappa shape index (κ1) is 14.3. The van der Waals surface area contributed by atoms with Crippen LogP contribution in [0.15, 0.2) is 54.6 Å². The van der Waals surface area contributed by atoms with E-state index in [0.29, 0.717) is 20.5 Å². The summed E-state index contributed by atoms with van der Waals surface area (Å²) >= 11 is 17.4. The largest absolute Gasteiger partial charge is 0.339 e. The number of hydrogen-bond donors (Lipinski definition) is 1. The van der Waals surface area contributed by atoms with Crippen LogP contribution in [0.1, 0.15) is 0 Å². The molecule has 0 aliphatic rings. The summed E-state index contributed by atoms with van der Waals surface area (Å²) in [7, 11) is 0. The van der Waals surface area contributed by atoms with Crippen LogP contribution in [0.4, 0.5) is 0 Å². The molecule has 0 unspecified atom stereocenters. The van der Waals surface area contributed by atoms with Crippen LogP contribution in [0, 0.1) is 4.64 Å². The molecule has 21 heavy (non-hydrogen) atoms. The zero-order valence-electron chi connectivity index (χ0n) is 10.8. The number of aromatic nitrogens is 2. The monoisotopic (exact) mass is 332 g/mol. The second kappa shape index (κ2) is 5.98. The van der Waals surface area contributed by atoms with Gasteiger partial charge in [-0.1, -0.05) is 65.8 Å². The van der Waals surface area contributed by atoms with Gasteiger partial charge in [-0.15, -0.1) is 0 Å². The van der Waals surface area contributed by atoms with Crippen LogP contribution < -0.4 is 0 Å². The van der Waals surface area contributed by atoms with Gasteiger partial charge in [0.25, 0.3) is 0 Å². The van der Waals surface area contributed by atoms with Gasteiger partial charge in [-0.3, -0.25) is 0 Å². The summed E-state index contributed by atoms with van der Waals surface area (Å²) in [5, 5.41) is 1.16. The minimum atomic E-state index is 0.508. The van der Waals surface area contributed by atoms with Crippen molar-refractivity contribution in [2.24, 2.45) is 0 Å². The molecule has 0 aliphatic carbocycles. The second-order valence-corrected chi connectivity index (χ2v) is 5.73. The normalized spacial score (nSPS) is 10.6. The van der Waals surface area contributed by atoms with Gasteiger partial charge >= 0.3 is 0 Å². The topological polar surface area (TPSA) is 28.7 Å². The van der Waals surface area contributed by atoms with E-state index in [-0.39, 0.29) is 0 Å². The summed E-state index contributed by atoms with van der Waals surface area (Å²) in [5.41, 5.74) is 2.62. The number of rotatable bonds is 2. The maximum absolute atomic E-state index is 6.26. The van der Waals surface area contributed by atoms with Crippen LogP contribution in [-0.4, -0.2) is 9.97 Å². The fourth-order valence-corrected chi connectivity index (χ4v) is 2.76. The second-order valence-electron chi connectivity index (χ2n) is 4.47. The highest BCUT2D eigenvalue weighted by Gasteiger charge is 2.08. The van der Waals surface area contributed by atoms with Crippen molar-refractivity contribution >= 4 is 35.4 Å². The highest BCUT2D eigenvalue weighted by molar-refractivity contribution is 7.71. The Morgan fingerprint density at radius 1 is 0.952 bits per heavy atom. The zero-order chi connectivity index (χ0) is 14.8. The summed E-state index contributed by atoms with van der Waals surface area (Å²) in [6, 6.07) is 17.0. The van der Waals surface area contributed by atoms with Gasteiger partial charge in [0.1, 0.15) is 10.5 Å². The first-order chi connectivity index (χ1) is 10.1. The fourth-order valence-electron chi connectivity index (χ4n) is 2.04. The number of nitrogens with one attached hydrogen (secondary N) is 1. The SMILES string of the molecule is S=c1cc(-c2ccc(Cl)cc2Cl)[nH]c(-c2ccccc2)n1. The predicted molar refractivity (Wildman–Crippen MR) is 90.3 cm³/mol. The lowest BCUT2D eigenvalue weighted by Gasteiger charge is -2.08. The van der Waals surface area contributed by atoms with Crippen LogP contribution in [0.2, 0.25) is 10.0 Å². The number of aromatic amines is 1. The smallest absolute Gasteiger partial charge is 0.139 e. The molecule has 0 amide bonds. The Labute approximate surface area is 137 Å². The molecule has 0 saturated heterocycles. The molecule has 2 nitrogen and oxygen atoms in total. The van der Waals surface area contributed by atoms with Crippen LogP contribution >= 0.6 is 35.4 Å². The molecule has 1 heterocycles. The van der Waals surface area contributed by atoms with E-state index in [9.17, 15) is 0 Å². The third-order valence-corrected chi connectivity index (χ3v) is 3.77. The lowest BCUT2D eigenvalue weighted by Crippen LogP contribution is -1.93. The number of nitrogens with zero attached hydrogens (tertiary/aromatic N) is 1. The van der Waals surface area contributed by atoms with Crippen molar-refractivity contribution in [3.05, 3.63) is 69.3 Å². The van der Waals surface area contributed by atoms with Crippen molar-refractivity contribution in [2.75, 3.05) is 0 Å². The van der Waals surface area contributed by atoms with Gasteiger partial charge in [0, 0.05) is 16.1 Å². The maximum atomic E-state index is 6.26. The fraction of sp³-hybridized carbons (Fsp3) is 0. The van der Waals surface area contributed by atoms with Crippen molar-refractivity contribution in [1.82, 2.24) is 9.97 Å². The average Bonchev–Trinajstić information content (AvgIpc) is 2.47. The summed E-state index contributed by atoms with van der Waals surface area (Å²) in [5.74, 6) is 0.712. The van der Waals surface area contributed by atoms with Gasteiger partial charge in [0.2, 0.25) is 0 Å². The van der Waals surface area contributed by atoms with Gasteiger partial charge in [-0.25, -0.2) is 4.98 Å². The molecule has 1 aromatic heterocycles. The minimum absolute atomic E-state index is 0.508. The predicted octanol–water partition coefficient (Wildman–Crippen LogP) is 5.78. The molecule has 0 atom stereocenters. The van der Waals surface area contributed by atoms with Crippen molar-refractivity contribution in [3.8, 4) is 22.6 Å². The summed E-state index contributed by atoms with van der Waals surface area (Å²) in [4.78, 5) is 7.64. The van der Waals surface area contributed by atoms with E-state index in [4.69, 9.17) is 35.4 Å². The molecule has 104 valence electrons. The Kier molecular flexibility index (Phi) is 4.06. The van der Waals surface area contributed by atoms with Crippen molar-refractivity contribution in [2.45, 2.75) is 0 Å². The molecule has 3 rings (SSSR count). The van der Waals surface area contributed by atoms with E-state index in [1.54, 1.807) is 18.2 Å². The number of H-pyrrole nitrogens is 1. The van der Waals surface area contributed by atoms with E-state index >= 15 is 0 Å². The maximum Gasteiger partial charge on any atom is 0.139 e. The third-order valence-electron chi connectivity index (χ3n) is 3.01. The Morgan fingerprint density at radius 2 is 1.71 bits per heavy atom. The van der Waals surface area contributed by atoms with E-state index < -0.39 is 0 Å². The third kappa shape index (κ3) is 3.16. The quantitative estimate of drug-likeness (QED) is 0.602. The minimum Gasteiger partial charge on any atom is -0.339 e. The van der Waals surface area contributed by atoms with Gasteiger partial charge in [-0.2, -0.15) is 0 Å². The van der Waals surface area contributed by atoms with Crippen LogP contribution in [0.25, 0.3) is 22.6 Å². The molecular weight excluding hydrogens is 323 g/mol. The van der Waals surface area contributed by atoms with Gasteiger partial charge < -0.3 is 4.98 Å². The van der Waals surface area contributed by atoms with E-state index in [2.05, 4.69) is 9.97 Å². The lowest BCUT2D eigenvalue weighted by atomic mass is 10.1. The van der Waals surface area contributed by atoms with Gasteiger partial charge in [-0.05, 0) is 24.3 Å². The summed E-state index contributed by atoms with van der Waals surface area (Å²) in [6.07, 6.45) is 0. The van der Waals surface area contributed by atoms with E-state index in [1.807, 2.05) is 36.4 Å². The molecular formula is C16H10Cl2N2S. The summed E-state index contributed by atoms with van der Waals surface area (Å²) in [6.45, 7) is 0. The molecule has 1 N–H and O–H groups in total. The number of hydrogen-bond acceptors (Lipinski definition) is 2. The molecule has 0 saturated carbocycles. The first-order valence-corrected chi connectivity index (χ1v) is 7.42. The molecule has 0 fully saturated rings. The van der Waals surface area contributed by atoms with Crippen molar-refractivity contribution in [1.29, 1.82) is 0 Å². The van der Waals surface area contributed by atoms with E-state index in [1.165, 1.54) is 0 Å². The molecule has 0 aliphatic heterocycles. The van der Waals surface area contributed by atoms with Crippen molar-refractivity contribution in [3.63, 3.8) is 0 Å². The number of halogens is 2. The van der Waals surface area contributed by atoms with E-state index in [0.717, 1.165) is 16.8 Å². The molecule has 0 bridgehead atoms. The average molecular weight is 333 g/mol. The Hall–Kier alpha value is -1.68. The van der Waals surface area contributed by atoms with Gasteiger partial charge in [0.05, 0.1) is 10.7 Å². The molecule has 0 radical (unpaired) electrons. The Bertz CT molecular complexity index is 844. The number of benzene rings is 2. The first-order valence-electron chi connectivity index (χ1n) is 6.26. The van der Waals surface area contributed by atoms with Gasteiger partial charge in [0.15, 0.2) is 0 Å².